The van der Waals surface area contributed by atoms with Crippen LogP contribution in [-0.2, 0) is 6.54 Å². The second-order valence-corrected chi connectivity index (χ2v) is 6.27. The summed E-state index contributed by atoms with van der Waals surface area (Å²) in [5.74, 6) is 1.39. The van der Waals surface area contributed by atoms with Gasteiger partial charge in [0.15, 0.2) is 11.5 Å². The van der Waals surface area contributed by atoms with Gasteiger partial charge in [0.1, 0.15) is 0 Å². The fourth-order valence-corrected chi connectivity index (χ4v) is 3.01. The van der Waals surface area contributed by atoms with Gasteiger partial charge in [0.25, 0.3) is 0 Å². The Morgan fingerprint density at radius 2 is 2.00 bits per heavy atom. The molecule has 21 heavy (non-hydrogen) atoms. The lowest BCUT2D eigenvalue weighted by atomic mass is 10.1. The van der Waals surface area contributed by atoms with E-state index >= 15 is 0 Å². The van der Waals surface area contributed by atoms with Crippen LogP contribution >= 0.6 is 11.6 Å². The molecule has 0 aromatic heterocycles. The Bertz CT molecular complexity index is 456. The Morgan fingerprint density at radius 3 is 2.62 bits per heavy atom. The molecule has 0 unspecified atom stereocenters. The molecule has 1 aliphatic carbocycles. The molecule has 0 spiro atoms. The van der Waals surface area contributed by atoms with Crippen LogP contribution in [0.5, 0.6) is 11.5 Å². The van der Waals surface area contributed by atoms with E-state index in [1.54, 1.807) is 0 Å². The van der Waals surface area contributed by atoms with Crippen LogP contribution < -0.4 is 14.8 Å². The van der Waals surface area contributed by atoms with E-state index in [1.165, 1.54) is 25.7 Å². The van der Waals surface area contributed by atoms with Gasteiger partial charge < -0.3 is 14.8 Å². The summed E-state index contributed by atoms with van der Waals surface area (Å²) in [6.07, 6.45) is 5.30. The van der Waals surface area contributed by atoms with Crippen LogP contribution in [0.2, 0.25) is 5.02 Å². The predicted molar refractivity (Wildman–Crippen MR) is 87.5 cm³/mol. The van der Waals surface area contributed by atoms with Gasteiger partial charge in [0, 0.05) is 12.6 Å². The maximum absolute atomic E-state index is 6.38. The van der Waals surface area contributed by atoms with Crippen LogP contribution in [0.4, 0.5) is 0 Å². The van der Waals surface area contributed by atoms with Crippen LogP contribution in [0.25, 0.3) is 0 Å². The maximum Gasteiger partial charge on any atom is 0.180 e. The number of rotatable bonds is 7. The van der Waals surface area contributed by atoms with E-state index < -0.39 is 0 Å². The Morgan fingerprint density at radius 1 is 1.29 bits per heavy atom. The molecule has 1 N–H and O–H groups in total. The molecular formula is C17H26ClNO2. The van der Waals surface area contributed by atoms with Crippen molar-refractivity contribution in [2.75, 3.05) is 6.61 Å². The molecule has 1 fully saturated rings. The molecule has 1 aliphatic rings. The zero-order chi connectivity index (χ0) is 15.2. The zero-order valence-corrected chi connectivity index (χ0v) is 14.0. The summed E-state index contributed by atoms with van der Waals surface area (Å²) in [5, 5.41) is 4.22. The van der Waals surface area contributed by atoms with Crippen LogP contribution in [-0.4, -0.2) is 18.8 Å². The highest BCUT2D eigenvalue weighted by Crippen LogP contribution is 2.37. The van der Waals surface area contributed by atoms with Gasteiger partial charge in [-0.2, -0.15) is 0 Å². The molecule has 118 valence electrons. The van der Waals surface area contributed by atoms with Crippen molar-refractivity contribution in [3.05, 3.63) is 22.7 Å². The van der Waals surface area contributed by atoms with Gasteiger partial charge >= 0.3 is 0 Å². The number of hydrogen-bond donors (Lipinski definition) is 1. The SMILES string of the molecule is CCOc1cc(CNC2CCCC2)cc(Cl)c1OC(C)C. The average molecular weight is 312 g/mol. The van der Waals surface area contributed by atoms with Crippen molar-refractivity contribution in [1.82, 2.24) is 5.32 Å². The fourth-order valence-electron chi connectivity index (χ4n) is 2.73. The summed E-state index contributed by atoms with van der Waals surface area (Å²) in [5.41, 5.74) is 1.14. The lowest BCUT2D eigenvalue weighted by molar-refractivity contribution is 0.224. The number of hydrogen-bond acceptors (Lipinski definition) is 3. The highest BCUT2D eigenvalue weighted by Gasteiger charge is 2.16. The molecule has 0 aliphatic heterocycles. The Labute approximate surface area is 133 Å². The van der Waals surface area contributed by atoms with Crippen molar-refractivity contribution in [3.63, 3.8) is 0 Å². The van der Waals surface area contributed by atoms with Crippen LogP contribution in [0.3, 0.4) is 0 Å². The van der Waals surface area contributed by atoms with Gasteiger partial charge in [0.05, 0.1) is 17.7 Å². The quantitative estimate of drug-likeness (QED) is 0.801. The number of halogens is 1. The van der Waals surface area contributed by atoms with Crippen LogP contribution in [0.15, 0.2) is 12.1 Å². The van der Waals surface area contributed by atoms with Gasteiger partial charge in [-0.15, -0.1) is 0 Å². The number of ether oxygens (including phenoxy) is 2. The molecule has 1 saturated carbocycles. The first kappa shape index (κ1) is 16.4. The predicted octanol–water partition coefficient (Wildman–Crippen LogP) is 4.56. The van der Waals surface area contributed by atoms with Crippen molar-refractivity contribution in [2.24, 2.45) is 0 Å². The molecule has 0 heterocycles. The second-order valence-electron chi connectivity index (χ2n) is 5.87. The van der Waals surface area contributed by atoms with Crippen molar-refractivity contribution in [3.8, 4) is 11.5 Å². The third-order valence-electron chi connectivity index (χ3n) is 3.67. The minimum atomic E-state index is 0.0733. The van der Waals surface area contributed by atoms with Gasteiger partial charge in [-0.3, -0.25) is 0 Å². The van der Waals surface area contributed by atoms with Crippen molar-refractivity contribution < 1.29 is 9.47 Å². The van der Waals surface area contributed by atoms with E-state index in [4.69, 9.17) is 21.1 Å². The number of benzene rings is 1. The van der Waals surface area contributed by atoms with E-state index in [0.717, 1.165) is 17.9 Å². The lowest BCUT2D eigenvalue weighted by Gasteiger charge is -2.18. The molecule has 0 bridgehead atoms. The standard InChI is InChI=1S/C17H26ClNO2/c1-4-20-16-10-13(11-19-14-7-5-6-8-14)9-15(18)17(16)21-12(2)3/h9-10,12,14,19H,4-8,11H2,1-3H3. The summed E-state index contributed by atoms with van der Waals surface area (Å²) in [6.45, 7) is 7.37. The van der Waals surface area contributed by atoms with Gasteiger partial charge in [-0.05, 0) is 51.3 Å². The largest absolute Gasteiger partial charge is 0.490 e. The highest BCUT2D eigenvalue weighted by molar-refractivity contribution is 6.32. The fraction of sp³-hybridized carbons (Fsp3) is 0.647. The zero-order valence-electron chi connectivity index (χ0n) is 13.2. The maximum atomic E-state index is 6.38. The number of nitrogens with one attached hydrogen (secondary N) is 1. The van der Waals surface area contributed by atoms with Crippen molar-refractivity contribution in [2.45, 2.75) is 65.1 Å². The first-order valence-corrected chi connectivity index (χ1v) is 8.33. The lowest BCUT2D eigenvalue weighted by Crippen LogP contribution is -2.25. The summed E-state index contributed by atoms with van der Waals surface area (Å²) >= 11 is 6.38. The summed E-state index contributed by atoms with van der Waals surface area (Å²) in [7, 11) is 0. The Hall–Kier alpha value is -0.930. The highest BCUT2D eigenvalue weighted by atomic mass is 35.5. The van der Waals surface area contributed by atoms with E-state index in [-0.39, 0.29) is 6.10 Å². The third kappa shape index (κ3) is 4.79. The van der Waals surface area contributed by atoms with Crippen LogP contribution in [0, 0.1) is 0 Å². The summed E-state index contributed by atoms with van der Waals surface area (Å²) < 4.78 is 11.5. The molecule has 4 heteroatoms. The molecular weight excluding hydrogens is 286 g/mol. The Kier molecular flexibility index (Phi) is 6.19. The van der Waals surface area contributed by atoms with Crippen LogP contribution in [0.1, 0.15) is 52.0 Å². The van der Waals surface area contributed by atoms with Crippen molar-refractivity contribution in [1.29, 1.82) is 0 Å². The smallest absolute Gasteiger partial charge is 0.180 e. The molecule has 3 nitrogen and oxygen atoms in total. The average Bonchev–Trinajstić information content (AvgIpc) is 2.93. The van der Waals surface area contributed by atoms with E-state index in [9.17, 15) is 0 Å². The van der Waals surface area contributed by atoms with E-state index in [2.05, 4.69) is 5.32 Å². The first-order chi connectivity index (χ1) is 10.1. The van der Waals surface area contributed by atoms with E-state index in [1.807, 2.05) is 32.9 Å². The van der Waals surface area contributed by atoms with Gasteiger partial charge in [0.2, 0.25) is 0 Å². The monoisotopic (exact) mass is 311 g/mol. The summed E-state index contributed by atoms with van der Waals surface area (Å²) in [6, 6.07) is 4.66. The van der Waals surface area contributed by atoms with Gasteiger partial charge in [-0.1, -0.05) is 24.4 Å². The molecule has 0 saturated heterocycles. The molecule has 0 atom stereocenters. The normalized spacial score (nSPS) is 15.7. The molecule has 2 rings (SSSR count). The van der Waals surface area contributed by atoms with Crippen molar-refractivity contribution >= 4 is 11.6 Å². The second kappa shape index (κ2) is 7.90. The Balaban J connectivity index is 2.10. The third-order valence-corrected chi connectivity index (χ3v) is 3.95. The molecule has 1 aromatic rings. The first-order valence-electron chi connectivity index (χ1n) is 7.95. The molecule has 0 amide bonds. The van der Waals surface area contributed by atoms with Gasteiger partial charge in [-0.25, -0.2) is 0 Å². The topological polar surface area (TPSA) is 30.5 Å². The summed E-state index contributed by atoms with van der Waals surface area (Å²) in [4.78, 5) is 0. The molecule has 0 radical (unpaired) electrons. The minimum absolute atomic E-state index is 0.0733. The van der Waals surface area contributed by atoms with E-state index in [0.29, 0.717) is 23.4 Å². The molecule has 1 aromatic carbocycles. The minimum Gasteiger partial charge on any atom is -0.490 e.